The van der Waals surface area contributed by atoms with E-state index in [1.807, 2.05) is 53.9 Å². The molecular weight excluding hydrogens is 230 g/mol. The number of rotatable bonds is 4. The van der Waals surface area contributed by atoms with Crippen LogP contribution in [0, 0.1) is 0 Å². The highest BCUT2D eigenvalue weighted by molar-refractivity contribution is 7.09. The van der Waals surface area contributed by atoms with E-state index in [0.29, 0.717) is 6.54 Å². The lowest BCUT2D eigenvalue weighted by Crippen LogP contribution is -2.19. The average molecular weight is 243 g/mol. The van der Waals surface area contributed by atoms with Gasteiger partial charge in [-0.05, 0) is 23.1 Å². The van der Waals surface area contributed by atoms with Gasteiger partial charge in [0.1, 0.15) is 0 Å². The smallest absolute Gasteiger partial charge is 0.244 e. The third-order valence-electron chi connectivity index (χ3n) is 2.24. The molecule has 0 bridgehead atoms. The van der Waals surface area contributed by atoms with E-state index in [2.05, 4.69) is 5.32 Å². The molecule has 2 aromatic rings. The lowest BCUT2D eigenvalue weighted by Gasteiger charge is -1.98. The number of hydrogen-bond acceptors (Lipinski definition) is 2. The summed E-state index contributed by atoms with van der Waals surface area (Å²) in [5.74, 6) is -0.0674. The summed E-state index contributed by atoms with van der Waals surface area (Å²) in [6, 6.07) is 13.8. The largest absolute Gasteiger partial charge is 0.348 e. The zero-order valence-electron chi connectivity index (χ0n) is 9.30. The van der Waals surface area contributed by atoms with E-state index in [9.17, 15) is 4.79 Å². The van der Waals surface area contributed by atoms with E-state index in [1.54, 1.807) is 17.4 Å². The Morgan fingerprint density at radius 1 is 1.18 bits per heavy atom. The van der Waals surface area contributed by atoms with Crippen molar-refractivity contribution < 1.29 is 4.79 Å². The molecule has 17 heavy (non-hydrogen) atoms. The van der Waals surface area contributed by atoms with Crippen LogP contribution >= 0.6 is 11.3 Å². The molecule has 0 aliphatic rings. The van der Waals surface area contributed by atoms with Crippen LogP contribution in [0.3, 0.4) is 0 Å². The normalized spacial score (nSPS) is 10.6. The van der Waals surface area contributed by atoms with Crippen molar-refractivity contribution in [3.8, 4) is 0 Å². The fourth-order valence-electron chi connectivity index (χ4n) is 1.38. The molecule has 0 saturated carbocycles. The zero-order chi connectivity index (χ0) is 11.9. The predicted octanol–water partition coefficient (Wildman–Crippen LogP) is 3.08. The SMILES string of the molecule is O=C(C=Cc1ccccc1)NCc1cccs1. The second kappa shape index (κ2) is 6.01. The topological polar surface area (TPSA) is 29.1 Å². The molecule has 1 heterocycles. The maximum absolute atomic E-state index is 11.5. The molecule has 0 unspecified atom stereocenters. The molecule has 1 aromatic carbocycles. The molecule has 0 atom stereocenters. The summed E-state index contributed by atoms with van der Waals surface area (Å²) in [6.07, 6.45) is 3.37. The first-order valence-corrected chi connectivity index (χ1v) is 6.26. The maximum atomic E-state index is 11.5. The third kappa shape index (κ3) is 3.89. The molecule has 1 aromatic heterocycles. The van der Waals surface area contributed by atoms with Gasteiger partial charge in [-0.1, -0.05) is 36.4 Å². The monoisotopic (exact) mass is 243 g/mol. The van der Waals surface area contributed by atoms with E-state index < -0.39 is 0 Å². The Kier molecular flexibility index (Phi) is 4.11. The van der Waals surface area contributed by atoms with Gasteiger partial charge in [-0.15, -0.1) is 11.3 Å². The summed E-state index contributed by atoms with van der Waals surface area (Å²) >= 11 is 1.64. The van der Waals surface area contributed by atoms with E-state index in [1.165, 1.54) is 0 Å². The number of nitrogens with one attached hydrogen (secondary N) is 1. The van der Waals surface area contributed by atoms with Crippen LogP contribution in [0.25, 0.3) is 6.08 Å². The Morgan fingerprint density at radius 2 is 2.00 bits per heavy atom. The van der Waals surface area contributed by atoms with Gasteiger partial charge in [0, 0.05) is 11.0 Å². The van der Waals surface area contributed by atoms with Crippen LogP contribution in [-0.2, 0) is 11.3 Å². The molecule has 0 fully saturated rings. The van der Waals surface area contributed by atoms with Crippen molar-refractivity contribution in [2.75, 3.05) is 0 Å². The Labute approximate surface area is 105 Å². The first kappa shape index (κ1) is 11.6. The molecule has 2 nitrogen and oxygen atoms in total. The number of benzene rings is 1. The predicted molar refractivity (Wildman–Crippen MR) is 71.6 cm³/mol. The van der Waals surface area contributed by atoms with Crippen LogP contribution in [0.4, 0.5) is 0 Å². The second-order valence-corrected chi connectivity index (χ2v) is 4.57. The van der Waals surface area contributed by atoms with Crippen LogP contribution in [0.5, 0.6) is 0 Å². The highest BCUT2D eigenvalue weighted by atomic mass is 32.1. The number of carbonyl (C=O) groups is 1. The Bertz CT molecular complexity index is 488. The standard InChI is InChI=1S/C14H13NOS/c16-14(15-11-13-7-4-10-17-13)9-8-12-5-2-1-3-6-12/h1-10H,11H2,(H,15,16). The van der Waals surface area contributed by atoms with Crippen LogP contribution in [0.1, 0.15) is 10.4 Å². The summed E-state index contributed by atoms with van der Waals surface area (Å²) < 4.78 is 0. The summed E-state index contributed by atoms with van der Waals surface area (Å²) in [5, 5.41) is 4.84. The number of carbonyl (C=O) groups excluding carboxylic acids is 1. The fourth-order valence-corrected chi connectivity index (χ4v) is 2.03. The van der Waals surface area contributed by atoms with E-state index in [4.69, 9.17) is 0 Å². The van der Waals surface area contributed by atoms with Crippen molar-refractivity contribution in [3.63, 3.8) is 0 Å². The van der Waals surface area contributed by atoms with Crippen LogP contribution in [0.2, 0.25) is 0 Å². The van der Waals surface area contributed by atoms with Gasteiger partial charge in [0.2, 0.25) is 5.91 Å². The Balaban J connectivity index is 1.83. The molecule has 0 spiro atoms. The highest BCUT2D eigenvalue weighted by Gasteiger charge is 1.96. The van der Waals surface area contributed by atoms with E-state index in [-0.39, 0.29) is 5.91 Å². The molecule has 3 heteroatoms. The second-order valence-electron chi connectivity index (χ2n) is 3.54. The van der Waals surface area contributed by atoms with Gasteiger partial charge < -0.3 is 5.32 Å². The van der Waals surface area contributed by atoms with Crippen molar-refractivity contribution >= 4 is 23.3 Å². The molecule has 86 valence electrons. The quantitative estimate of drug-likeness (QED) is 0.821. The van der Waals surface area contributed by atoms with Gasteiger partial charge >= 0.3 is 0 Å². The van der Waals surface area contributed by atoms with E-state index in [0.717, 1.165) is 10.4 Å². The van der Waals surface area contributed by atoms with Gasteiger partial charge in [-0.2, -0.15) is 0 Å². The average Bonchev–Trinajstić information content (AvgIpc) is 2.88. The molecular formula is C14H13NOS. The minimum atomic E-state index is -0.0674. The molecule has 1 amide bonds. The third-order valence-corrected chi connectivity index (χ3v) is 3.12. The van der Waals surface area contributed by atoms with Gasteiger partial charge in [0.05, 0.1) is 6.54 Å². The van der Waals surface area contributed by atoms with Gasteiger partial charge in [0.15, 0.2) is 0 Å². The molecule has 1 N–H and O–H groups in total. The zero-order valence-corrected chi connectivity index (χ0v) is 10.1. The number of thiophene rings is 1. The fraction of sp³-hybridized carbons (Fsp3) is 0.0714. The van der Waals surface area contributed by atoms with Crippen molar-refractivity contribution in [2.45, 2.75) is 6.54 Å². The minimum absolute atomic E-state index is 0.0674. The Hall–Kier alpha value is -1.87. The van der Waals surface area contributed by atoms with Crippen molar-refractivity contribution in [3.05, 3.63) is 64.4 Å². The first-order valence-electron chi connectivity index (χ1n) is 5.38. The lowest BCUT2D eigenvalue weighted by atomic mass is 10.2. The van der Waals surface area contributed by atoms with E-state index >= 15 is 0 Å². The number of amides is 1. The summed E-state index contributed by atoms with van der Waals surface area (Å²) in [6.45, 7) is 0.593. The molecule has 0 radical (unpaired) electrons. The van der Waals surface area contributed by atoms with Crippen molar-refractivity contribution in [1.82, 2.24) is 5.32 Å². The minimum Gasteiger partial charge on any atom is -0.348 e. The number of hydrogen-bond donors (Lipinski definition) is 1. The highest BCUT2D eigenvalue weighted by Crippen LogP contribution is 2.07. The molecule has 0 aliphatic heterocycles. The summed E-state index contributed by atoms with van der Waals surface area (Å²) in [5.41, 5.74) is 1.03. The van der Waals surface area contributed by atoms with Gasteiger partial charge in [-0.25, -0.2) is 0 Å². The van der Waals surface area contributed by atoms with Gasteiger partial charge in [0.25, 0.3) is 0 Å². The first-order chi connectivity index (χ1) is 8.34. The molecule has 0 saturated heterocycles. The summed E-state index contributed by atoms with van der Waals surface area (Å²) in [7, 11) is 0. The molecule has 2 rings (SSSR count). The molecule has 0 aliphatic carbocycles. The Morgan fingerprint density at radius 3 is 2.71 bits per heavy atom. The lowest BCUT2D eigenvalue weighted by molar-refractivity contribution is -0.116. The van der Waals surface area contributed by atoms with Crippen LogP contribution in [0.15, 0.2) is 53.9 Å². The summed E-state index contributed by atoms with van der Waals surface area (Å²) in [4.78, 5) is 12.7. The van der Waals surface area contributed by atoms with Crippen molar-refractivity contribution in [1.29, 1.82) is 0 Å². The maximum Gasteiger partial charge on any atom is 0.244 e. The van der Waals surface area contributed by atoms with Crippen molar-refractivity contribution in [2.24, 2.45) is 0 Å². The van der Waals surface area contributed by atoms with Gasteiger partial charge in [-0.3, -0.25) is 4.79 Å². The van der Waals surface area contributed by atoms with Crippen LogP contribution in [-0.4, -0.2) is 5.91 Å². The van der Waals surface area contributed by atoms with Crippen LogP contribution < -0.4 is 5.32 Å².